The quantitative estimate of drug-likeness (QED) is 0.692. The second kappa shape index (κ2) is 9.33. The smallest absolute Gasteiger partial charge is 0.361 e. The van der Waals surface area contributed by atoms with E-state index in [1.165, 1.54) is 12.1 Å². The molecule has 9 nitrogen and oxygen atoms in total. The standard InChI is InChI=1S/C16H16Cl2N4O5/c1-3-26-15(24)13-14(16(25)27-4-2)22(21-20-13)8-12(23)19-11-6-5-9(17)7-10(11)18/h5-7H,3-4,8H2,1-2H3,(H,19,23). The molecule has 1 aromatic carbocycles. The second-order valence-corrected chi connectivity index (χ2v) is 5.90. The van der Waals surface area contributed by atoms with Gasteiger partial charge in [0.05, 0.1) is 23.9 Å². The van der Waals surface area contributed by atoms with Crippen molar-refractivity contribution < 1.29 is 23.9 Å². The highest BCUT2D eigenvalue weighted by molar-refractivity contribution is 6.36. The van der Waals surface area contributed by atoms with Gasteiger partial charge in [-0.1, -0.05) is 28.4 Å². The molecule has 144 valence electrons. The van der Waals surface area contributed by atoms with Crippen LogP contribution >= 0.6 is 23.2 Å². The molecule has 0 aliphatic heterocycles. The summed E-state index contributed by atoms with van der Waals surface area (Å²) in [6.45, 7) is 2.96. The van der Waals surface area contributed by atoms with E-state index >= 15 is 0 Å². The number of anilines is 1. The Morgan fingerprint density at radius 1 is 1.11 bits per heavy atom. The van der Waals surface area contributed by atoms with Crippen LogP contribution in [0.3, 0.4) is 0 Å². The van der Waals surface area contributed by atoms with Crippen LogP contribution in [0.25, 0.3) is 0 Å². The molecule has 0 unspecified atom stereocenters. The Kier molecular flexibility index (Phi) is 7.14. The molecular formula is C16H16Cl2N4O5. The minimum absolute atomic E-state index is 0.0683. The van der Waals surface area contributed by atoms with Crippen LogP contribution in [0.2, 0.25) is 10.0 Å². The molecule has 1 N–H and O–H groups in total. The van der Waals surface area contributed by atoms with E-state index in [1.54, 1.807) is 19.9 Å². The molecule has 0 saturated carbocycles. The molecule has 2 rings (SSSR count). The number of aromatic nitrogens is 3. The van der Waals surface area contributed by atoms with Crippen molar-refractivity contribution in [3.05, 3.63) is 39.6 Å². The lowest BCUT2D eigenvalue weighted by Crippen LogP contribution is -2.24. The third-order valence-electron chi connectivity index (χ3n) is 3.17. The fourth-order valence-electron chi connectivity index (χ4n) is 2.08. The summed E-state index contributed by atoms with van der Waals surface area (Å²) in [4.78, 5) is 36.5. The number of benzene rings is 1. The molecule has 0 aliphatic rings. The molecule has 0 saturated heterocycles. The van der Waals surface area contributed by atoms with Gasteiger partial charge in [-0.15, -0.1) is 5.10 Å². The zero-order valence-electron chi connectivity index (χ0n) is 14.5. The number of nitrogens with one attached hydrogen (secondary N) is 1. The van der Waals surface area contributed by atoms with Crippen LogP contribution < -0.4 is 5.32 Å². The zero-order chi connectivity index (χ0) is 20.0. The molecule has 0 fully saturated rings. The highest BCUT2D eigenvalue weighted by Crippen LogP contribution is 2.25. The van der Waals surface area contributed by atoms with E-state index in [-0.39, 0.29) is 29.6 Å². The SMILES string of the molecule is CCOC(=O)c1nnn(CC(=O)Nc2ccc(Cl)cc2Cl)c1C(=O)OCC. The lowest BCUT2D eigenvalue weighted by molar-refractivity contribution is -0.116. The van der Waals surface area contributed by atoms with E-state index in [0.29, 0.717) is 10.7 Å². The van der Waals surface area contributed by atoms with Gasteiger partial charge < -0.3 is 14.8 Å². The van der Waals surface area contributed by atoms with Crippen LogP contribution in [0.15, 0.2) is 18.2 Å². The fourth-order valence-corrected chi connectivity index (χ4v) is 2.53. The maximum Gasteiger partial charge on any atom is 0.361 e. The summed E-state index contributed by atoms with van der Waals surface area (Å²) >= 11 is 11.8. The predicted octanol–water partition coefficient (Wildman–Crippen LogP) is 2.58. The van der Waals surface area contributed by atoms with Crippen LogP contribution in [-0.4, -0.2) is 46.1 Å². The van der Waals surface area contributed by atoms with Gasteiger partial charge in [0.15, 0.2) is 5.69 Å². The number of hydrogen-bond acceptors (Lipinski definition) is 7. The first-order valence-corrected chi connectivity index (χ1v) is 8.65. The first-order valence-electron chi connectivity index (χ1n) is 7.90. The van der Waals surface area contributed by atoms with Gasteiger partial charge >= 0.3 is 11.9 Å². The molecule has 0 atom stereocenters. The zero-order valence-corrected chi connectivity index (χ0v) is 16.0. The monoisotopic (exact) mass is 414 g/mol. The predicted molar refractivity (Wildman–Crippen MR) is 97.0 cm³/mol. The molecule has 11 heteroatoms. The van der Waals surface area contributed by atoms with Gasteiger partial charge in [-0.05, 0) is 32.0 Å². The molecule has 1 aromatic heterocycles. The van der Waals surface area contributed by atoms with Gasteiger partial charge in [-0.2, -0.15) is 0 Å². The molecule has 0 bridgehead atoms. The Morgan fingerprint density at radius 3 is 2.41 bits per heavy atom. The van der Waals surface area contributed by atoms with E-state index in [0.717, 1.165) is 4.68 Å². The average molecular weight is 415 g/mol. The van der Waals surface area contributed by atoms with E-state index < -0.39 is 24.4 Å². The summed E-state index contributed by atoms with van der Waals surface area (Å²) in [7, 11) is 0. The maximum absolute atomic E-state index is 12.3. The van der Waals surface area contributed by atoms with Crippen LogP contribution in [0.4, 0.5) is 5.69 Å². The van der Waals surface area contributed by atoms with Crippen molar-refractivity contribution in [1.82, 2.24) is 15.0 Å². The topological polar surface area (TPSA) is 112 Å². The number of ether oxygens (including phenoxy) is 2. The van der Waals surface area contributed by atoms with E-state index in [1.807, 2.05) is 0 Å². The molecule has 2 aromatic rings. The van der Waals surface area contributed by atoms with Crippen molar-refractivity contribution in [2.24, 2.45) is 0 Å². The number of carbonyl (C=O) groups is 3. The van der Waals surface area contributed by atoms with Crippen molar-refractivity contribution in [2.45, 2.75) is 20.4 Å². The summed E-state index contributed by atoms with van der Waals surface area (Å²) in [6, 6.07) is 4.55. The lowest BCUT2D eigenvalue weighted by atomic mass is 10.3. The number of hydrogen-bond donors (Lipinski definition) is 1. The number of carbonyl (C=O) groups excluding carboxylic acids is 3. The molecular weight excluding hydrogens is 399 g/mol. The van der Waals surface area contributed by atoms with Crippen molar-refractivity contribution in [1.29, 1.82) is 0 Å². The van der Waals surface area contributed by atoms with Crippen molar-refractivity contribution in [3.8, 4) is 0 Å². The van der Waals surface area contributed by atoms with Crippen LogP contribution in [0.1, 0.15) is 34.8 Å². The Bertz CT molecular complexity index is 868. The molecule has 0 radical (unpaired) electrons. The van der Waals surface area contributed by atoms with Gasteiger partial charge in [0.2, 0.25) is 11.6 Å². The van der Waals surface area contributed by atoms with E-state index in [2.05, 4.69) is 15.6 Å². The minimum Gasteiger partial charge on any atom is -0.461 e. The van der Waals surface area contributed by atoms with Gasteiger partial charge in [0, 0.05) is 5.02 Å². The highest BCUT2D eigenvalue weighted by Gasteiger charge is 2.28. The van der Waals surface area contributed by atoms with Crippen molar-refractivity contribution in [2.75, 3.05) is 18.5 Å². The number of halogens is 2. The lowest BCUT2D eigenvalue weighted by Gasteiger charge is -2.09. The largest absolute Gasteiger partial charge is 0.461 e. The first kappa shape index (κ1) is 20.7. The Labute approximate surface area is 164 Å². The Morgan fingerprint density at radius 2 is 1.78 bits per heavy atom. The molecule has 0 aliphatic carbocycles. The van der Waals surface area contributed by atoms with Gasteiger partial charge in [-0.25, -0.2) is 14.3 Å². The van der Waals surface area contributed by atoms with Gasteiger partial charge in [0.1, 0.15) is 6.54 Å². The molecule has 1 amide bonds. The fraction of sp³-hybridized carbons (Fsp3) is 0.312. The molecule has 0 spiro atoms. The Hall–Kier alpha value is -2.65. The molecule has 27 heavy (non-hydrogen) atoms. The number of nitrogens with zero attached hydrogens (tertiary/aromatic N) is 3. The van der Waals surface area contributed by atoms with Crippen molar-refractivity contribution >= 4 is 46.7 Å². The second-order valence-electron chi connectivity index (χ2n) is 5.06. The van der Waals surface area contributed by atoms with Crippen LogP contribution in [0.5, 0.6) is 0 Å². The average Bonchev–Trinajstić information content (AvgIpc) is 3.01. The van der Waals surface area contributed by atoms with Gasteiger partial charge in [0.25, 0.3) is 0 Å². The third-order valence-corrected chi connectivity index (χ3v) is 3.72. The Balaban J connectivity index is 2.25. The maximum atomic E-state index is 12.3. The number of amides is 1. The minimum atomic E-state index is -0.845. The van der Waals surface area contributed by atoms with Crippen LogP contribution in [0, 0.1) is 0 Å². The van der Waals surface area contributed by atoms with E-state index in [4.69, 9.17) is 32.7 Å². The molecule has 1 heterocycles. The first-order chi connectivity index (χ1) is 12.9. The third kappa shape index (κ3) is 5.18. The number of esters is 2. The summed E-state index contributed by atoms with van der Waals surface area (Å²) in [5.41, 5.74) is -0.269. The summed E-state index contributed by atoms with van der Waals surface area (Å²) in [5.74, 6) is -2.24. The normalized spacial score (nSPS) is 10.4. The summed E-state index contributed by atoms with van der Waals surface area (Å²) in [5, 5.41) is 10.6. The number of rotatable bonds is 7. The summed E-state index contributed by atoms with van der Waals surface area (Å²) in [6.07, 6.45) is 0. The highest BCUT2D eigenvalue weighted by atomic mass is 35.5. The van der Waals surface area contributed by atoms with E-state index in [9.17, 15) is 14.4 Å². The van der Waals surface area contributed by atoms with Gasteiger partial charge in [-0.3, -0.25) is 4.79 Å². The van der Waals surface area contributed by atoms with Crippen LogP contribution in [-0.2, 0) is 20.8 Å². The van der Waals surface area contributed by atoms with Crippen molar-refractivity contribution in [3.63, 3.8) is 0 Å². The summed E-state index contributed by atoms with van der Waals surface area (Å²) < 4.78 is 10.7.